The van der Waals surface area contributed by atoms with Crippen molar-refractivity contribution in [3.8, 4) is 0 Å². The molecule has 14 heavy (non-hydrogen) atoms. The van der Waals surface area contributed by atoms with E-state index in [1.165, 1.54) is 0 Å². The molecular formula is C10H20N2O2. The lowest BCUT2D eigenvalue weighted by Crippen LogP contribution is -2.39. The van der Waals surface area contributed by atoms with Crippen LogP contribution in [0.1, 0.15) is 26.7 Å². The number of rotatable bonds is 4. The van der Waals surface area contributed by atoms with Crippen LogP contribution in [0.25, 0.3) is 0 Å². The van der Waals surface area contributed by atoms with Crippen LogP contribution in [-0.4, -0.2) is 31.8 Å². The van der Waals surface area contributed by atoms with Crippen LogP contribution in [0.3, 0.4) is 0 Å². The molecule has 0 aromatic rings. The van der Waals surface area contributed by atoms with Gasteiger partial charge in [-0.15, -0.1) is 0 Å². The lowest BCUT2D eigenvalue weighted by molar-refractivity contribution is 0.139. The highest BCUT2D eigenvalue weighted by molar-refractivity contribution is 5.67. The van der Waals surface area contributed by atoms with Crippen molar-refractivity contribution < 1.29 is 9.53 Å². The van der Waals surface area contributed by atoms with Gasteiger partial charge in [0.1, 0.15) is 0 Å². The summed E-state index contributed by atoms with van der Waals surface area (Å²) in [6, 6.07) is 0.226. The third-order valence-corrected chi connectivity index (χ3v) is 2.55. The molecule has 4 nitrogen and oxygen atoms in total. The number of ether oxygens (including phenoxy) is 1. The van der Waals surface area contributed by atoms with Gasteiger partial charge in [0.25, 0.3) is 0 Å². The summed E-state index contributed by atoms with van der Waals surface area (Å²) < 4.78 is 5.01. The van der Waals surface area contributed by atoms with Crippen LogP contribution >= 0.6 is 0 Å². The highest BCUT2D eigenvalue weighted by Crippen LogP contribution is 2.07. The molecular weight excluding hydrogens is 180 g/mol. The third kappa shape index (κ3) is 3.54. The van der Waals surface area contributed by atoms with E-state index in [0.717, 1.165) is 25.9 Å². The molecule has 0 bridgehead atoms. The summed E-state index contributed by atoms with van der Waals surface area (Å²) in [7, 11) is 0. The van der Waals surface area contributed by atoms with Crippen LogP contribution in [0.5, 0.6) is 0 Å². The molecule has 1 amide bonds. The quantitative estimate of drug-likeness (QED) is 0.669. The van der Waals surface area contributed by atoms with Crippen molar-refractivity contribution in [1.29, 1.82) is 0 Å². The van der Waals surface area contributed by atoms with Gasteiger partial charge < -0.3 is 15.4 Å². The fourth-order valence-corrected chi connectivity index (χ4v) is 1.51. The van der Waals surface area contributed by atoms with Gasteiger partial charge in [-0.3, -0.25) is 0 Å². The van der Waals surface area contributed by atoms with Crippen LogP contribution in [0.15, 0.2) is 0 Å². The second-order valence-electron chi connectivity index (χ2n) is 3.88. The Morgan fingerprint density at radius 1 is 1.57 bits per heavy atom. The molecule has 0 saturated carbocycles. The summed E-state index contributed by atoms with van der Waals surface area (Å²) in [6.07, 6.45) is 1.71. The van der Waals surface area contributed by atoms with Gasteiger partial charge >= 0.3 is 6.09 Å². The Labute approximate surface area is 85.4 Å². The third-order valence-electron chi connectivity index (χ3n) is 2.55. The normalized spacial score (nSPS) is 26.1. The average Bonchev–Trinajstić information content (AvgIpc) is 2.52. The Morgan fingerprint density at radius 3 is 2.93 bits per heavy atom. The first kappa shape index (κ1) is 11.3. The van der Waals surface area contributed by atoms with E-state index in [4.69, 9.17) is 4.74 Å². The van der Waals surface area contributed by atoms with E-state index >= 15 is 0 Å². The number of unbranched alkanes of at least 4 members (excludes halogenated alkanes) is 1. The lowest BCUT2D eigenvalue weighted by Gasteiger charge is -2.15. The van der Waals surface area contributed by atoms with Crippen molar-refractivity contribution in [2.75, 3.05) is 19.7 Å². The molecule has 1 saturated heterocycles. The topological polar surface area (TPSA) is 50.4 Å². The zero-order chi connectivity index (χ0) is 10.4. The summed E-state index contributed by atoms with van der Waals surface area (Å²) in [4.78, 5) is 11.3. The summed E-state index contributed by atoms with van der Waals surface area (Å²) in [5.41, 5.74) is 0. The lowest BCUT2D eigenvalue weighted by atomic mass is 10.1. The Kier molecular flexibility index (Phi) is 4.73. The number of hydrogen-bond donors (Lipinski definition) is 2. The number of hydrogen-bond acceptors (Lipinski definition) is 3. The first-order chi connectivity index (χ1) is 6.74. The molecule has 4 heteroatoms. The van der Waals surface area contributed by atoms with Crippen LogP contribution in [0, 0.1) is 5.92 Å². The predicted octanol–water partition coefficient (Wildman–Crippen LogP) is 1.12. The molecule has 1 aliphatic rings. The van der Waals surface area contributed by atoms with Gasteiger partial charge in [-0.2, -0.15) is 0 Å². The summed E-state index contributed by atoms with van der Waals surface area (Å²) in [5.74, 6) is 0.494. The van der Waals surface area contributed by atoms with Gasteiger partial charge in [0.2, 0.25) is 0 Å². The van der Waals surface area contributed by atoms with E-state index in [9.17, 15) is 4.79 Å². The van der Waals surface area contributed by atoms with Gasteiger partial charge in [0.15, 0.2) is 0 Å². The summed E-state index contributed by atoms with van der Waals surface area (Å²) in [5, 5.41) is 6.09. The van der Waals surface area contributed by atoms with Crippen molar-refractivity contribution in [3.63, 3.8) is 0 Å². The Morgan fingerprint density at radius 2 is 2.36 bits per heavy atom. The fraction of sp³-hybridized carbons (Fsp3) is 0.900. The van der Waals surface area contributed by atoms with Crippen LogP contribution in [-0.2, 0) is 4.74 Å². The predicted molar refractivity (Wildman–Crippen MR) is 55.2 cm³/mol. The molecule has 2 N–H and O–H groups in total. The average molecular weight is 200 g/mol. The van der Waals surface area contributed by atoms with E-state index in [0.29, 0.717) is 12.5 Å². The maximum Gasteiger partial charge on any atom is 0.407 e. The number of carbonyl (C=O) groups is 1. The highest BCUT2D eigenvalue weighted by Gasteiger charge is 2.24. The van der Waals surface area contributed by atoms with Gasteiger partial charge in [0.05, 0.1) is 6.61 Å². The molecule has 0 aliphatic carbocycles. The zero-order valence-electron chi connectivity index (χ0n) is 9.01. The largest absolute Gasteiger partial charge is 0.450 e. The minimum Gasteiger partial charge on any atom is -0.450 e. The van der Waals surface area contributed by atoms with E-state index in [-0.39, 0.29) is 12.1 Å². The SMILES string of the molecule is CCCCOC(=O)NC1CNCC1C. The fourth-order valence-electron chi connectivity index (χ4n) is 1.51. The molecule has 0 aromatic carbocycles. The molecule has 0 radical (unpaired) electrons. The smallest absolute Gasteiger partial charge is 0.407 e. The van der Waals surface area contributed by atoms with Gasteiger partial charge in [-0.05, 0) is 18.9 Å². The molecule has 0 spiro atoms. The van der Waals surface area contributed by atoms with Crippen molar-refractivity contribution in [1.82, 2.24) is 10.6 Å². The number of nitrogens with one attached hydrogen (secondary N) is 2. The second-order valence-corrected chi connectivity index (χ2v) is 3.88. The maximum atomic E-state index is 11.3. The van der Waals surface area contributed by atoms with Crippen LogP contribution < -0.4 is 10.6 Å². The van der Waals surface area contributed by atoms with Crippen LogP contribution in [0.2, 0.25) is 0 Å². The molecule has 2 unspecified atom stereocenters. The standard InChI is InChI=1S/C10H20N2O2/c1-3-4-5-14-10(13)12-9-7-11-6-8(9)2/h8-9,11H,3-7H2,1-2H3,(H,12,13). The van der Waals surface area contributed by atoms with Crippen molar-refractivity contribution >= 4 is 6.09 Å². The monoisotopic (exact) mass is 200 g/mol. The molecule has 1 fully saturated rings. The highest BCUT2D eigenvalue weighted by atomic mass is 16.5. The van der Waals surface area contributed by atoms with E-state index in [1.54, 1.807) is 0 Å². The minimum atomic E-state index is -0.279. The van der Waals surface area contributed by atoms with Gasteiger partial charge in [0, 0.05) is 12.6 Å². The summed E-state index contributed by atoms with van der Waals surface area (Å²) in [6.45, 7) is 6.54. The Balaban J connectivity index is 2.13. The minimum absolute atomic E-state index is 0.226. The molecule has 1 rings (SSSR count). The maximum absolute atomic E-state index is 11.3. The van der Waals surface area contributed by atoms with Crippen molar-refractivity contribution in [2.45, 2.75) is 32.7 Å². The van der Waals surface area contributed by atoms with Crippen molar-refractivity contribution in [3.05, 3.63) is 0 Å². The Hall–Kier alpha value is -0.770. The zero-order valence-corrected chi connectivity index (χ0v) is 9.01. The van der Waals surface area contributed by atoms with E-state index in [1.807, 2.05) is 0 Å². The Bertz CT molecular complexity index is 185. The van der Waals surface area contributed by atoms with Gasteiger partial charge in [-0.1, -0.05) is 20.3 Å². The molecule has 2 atom stereocenters. The van der Waals surface area contributed by atoms with Crippen molar-refractivity contribution in [2.24, 2.45) is 5.92 Å². The van der Waals surface area contributed by atoms with E-state index in [2.05, 4.69) is 24.5 Å². The molecule has 82 valence electrons. The van der Waals surface area contributed by atoms with Crippen LogP contribution in [0.4, 0.5) is 4.79 Å². The number of amides is 1. The summed E-state index contributed by atoms with van der Waals surface area (Å²) >= 11 is 0. The van der Waals surface area contributed by atoms with Gasteiger partial charge in [-0.25, -0.2) is 4.79 Å². The molecule has 1 heterocycles. The number of carbonyl (C=O) groups excluding carboxylic acids is 1. The molecule has 0 aromatic heterocycles. The first-order valence-electron chi connectivity index (χ1n) is 5.38. The molecule has 1 aliphatic heterocycles. The number of alkyl carbamates (subject to hydrolysis) is 1. The first-order valence-corrected chi connectivity index (χ1v) is 5.38. The van der Waals surface area contributed by atoms with E-state index < -0.39 is 0 Å². The second kappa shape index (κ2) is 5.86.